The molecular formula is C33H36ClN2OPPdS2. The average Bonchev–Trinajstić information content (AvgIpc) is 3.01. The van der Waals surface area contributed by atoms with Gasteiger partial charge in [0.15, 0.2) is 0 Å². The molecule has 0 atom stereocenters. The molecule has 4 aromatic rings. The van der Waals surface area contributed by atoms with Gasteiger partial charge < -0.3 is 39.4 Å². The minimum absolute atomic E-state index is 0.483. The summed E-state index contributed by atoms with van der Waals surface area (Å²) in [5.41, 5.74) is 5.08. The summed E-state index contributed by atoms with van der Waals surface area (Å²) in [7, 11) is 5.71. The molecule has 1 aliphatic rings. The van der Waals surface area contributed by atoms with Gasteiger partial charge in [0.1, 0.15) is 5.75 Å². The number of piperazine rings is 1. The van der Waals surface area contributed by atoms with Crippen molar-refractivity contribution in [1.29, 1.82) is 0 Å². The number of methoxy groups -OCH3 is 1. The maximum atomic E-state index is 5.37. The Morgan fingerprint density at radius 2 is 1.10 bits per heavy atom. The second kappa shape index (κ2) is 17.2. The van der Waals surface area contributed by atoms with E-state index in [-0.39, 0.29) is 0 Å². The number of halogens is 1. The molecule has 4 aromatic carbocycles. The van der Waals surface area contributed by atoms with Crippen molar-refractivity contribution in [2.75, 3.05) is 38.2 Å². The van der Waals surface area contributed by atoms with E-state index in [1.165, 1.54) is 32.6 Å². The molecule has 1 saturated heterocycles. The summed E-state index contributed by atoms with van der Waals surface area (Å²) in [5.74, 6) is 0.918. The molecule has 0 bridgehead atoms. The number of anilines is 1. The van der Waals surface area contributed by atoms with Crippen LogP contribution in [-0.2, 0) is 30.8 Å². The van der Waals surface area contributed by atoms with E-state index in [0.29, 0.717) is 4.32 Å². The van der Waals surface area contributed by atoms with Crippen molar-refractivity contribution in [3.05, 3.63) is 114 Å². The van der Waals surface area contributed by atoms with Gasteiger partial charge in [-0.1, -0.05) is 106 Å². The molecule has 0 radical (unpaired) electrons. The van der Waals surface area contributed by atoms with Gasteiger partial charge >= 0.3 is 27.7 Å². The van der Waals surface area contributed by atoms with Crippen LogP contribution in [0.1, 0.15) is 16.7 Å². The van der Waals surface area contributed by atoms with Gasteiger partial charge in [-0.05, 0) is 56.7 Å². The van der Waals surface area contributed by atoms with E-state index >= 15 is 0 Å². The predicted octanol–water partition coefficient (Wildman–Crippen LogP) is 6.71. The van der Waals surface area contributed by atoms with Gasteiger partial charge in [-0.3, -0.25) is 0 Å². The molecule has 1 heterocycles. The Hall–Kier alpha value is -2.03. The van der Waals surface area contributed by atoms with E-state index in [9.17, 15) is 0 Å². The summed E-state index contributed by atoms with van der Waals surface area (Å²) in [5, 5.41) is 4.23. The first-order valence-electron chi connectivity index (χ1n) is 13.3. The predicted molar refractivity (Wildman–Crippen MR) is 182 cm³/mol. The van der Waals surface area contributed by atoms with Gasteiger partial charge in [0.25, 0.3) is 0 Å². The molecule has 3 nitrogen and oxygen atoms in total. The number of aryl methyl sites for hydroxylation is 3. The van der Waals surface area contributed by atoms with E-state index in [0.717, 1.165) is 37.6 Å². The van der Waals surface area contributed by atoms with Gasteiger partial charge in [-0.25, -0.2) is 0 Å². The first kappa shape index (κ1) is 33.5. The molecule has 0 aliphatic carbocycles. The zero-order chi connectivity index (χ0) is 29.8. The monoisotopic (exact) mass is 712 g/mol. The Bertz CT molecular complexity index is 1260. The Morgan fingerprint density at radius 1 is 0.707 bits per heavy atom. The molecule has 0 amide bonds. The summed E-state index contributed by atoms with van der Waals surface area (Å²) < 4.78 is 5.94. The van der Waals surface area contributed by atoms with Crippen LogP contribution in [0.2, 0.25) is 0 Å². The Morgan fingerprint density at radius 3 is 1.46 bits per heavy atom. The maximum absolute atomic E-state index is 5.37. The first-order chi connectivity index (χ1) is 19.9. The van der Waals surface area contributed by atoms with Crippen LogP contribution >= 0.6 is 29.7 Å². The summed E-state index contributed by atoms with van der Waals surface area (Å²) >= 11 is 12.3. The van der Waals surface area contributed by atoms with E-state index < -0.39 is 7.92 Å². The summed E-state index contributed by atoms with van der Waals surface area (Å²) in [6.45, 7) is 10.1. The number of rotatable bonds is 5. The molecule has 8 heteroatoms. The van der Waals surface area contributed by atoms with Crippen LogP contribution in [0.5, 0.6) is 5.75 Å². The molecule has 0 saturated carbocycles. The van der Waals surface area contributed by atoms with Crippen LogP contribution in [0, 0.1) is 20.8 Å². The topological polar surface area (TPSA) is 15.7 Å². The molecule has 0 unspecified atom stereocenters. The second-order valence-corrected chi connectivity index (χ2v) is 13.0. The van der Waals surface area contributed by atoms with Gasteiger partial charge in [0, 0.05) is 26.2 Å². The number of hydrogen-bond donors (Lipinski definition) is 0. The van der Waals surface area contributed by atoms with Gasteiger partial charge in [0.2, 0.25) is 0 Å². The van der Waals surface area contributed by atoms with Crippen molar-refractivity contribution in [3.8, 4) is 5.75 Å². The quantitative estimate of drug-likeness (QED) is 0.0988. The van der Waals surface area contributed by atoms with Gasteiger partial charge in [0.05, 0.1) is 12.8 Å². The number of thiocarbonyl (C=S) groups is 1. The average molecular weight is 714 g/mol. The van der Waals surface area contributed by atoms with Crippen molar-refractivity contribution in [2.45, 2.75) is 20.8 Å². The normalized spacial score (nSPS) is 12.6. The van der Waals surface area contributed by atoms with E-state index in [4.69, 9.17) is 29.6 Å². The third-order valence-corrected chi connectivity index (χ3v) is 9.80. The fourth-order valence-electron chi connectivity index (χ4n) is 4.55. The fraction of sp³-hybridized carbons (Fsp3) is 0.242. The van der Waals surface area contributed by atoms with Crippen molar-refractivity contribution >= 4 is 68.2 Å². The number of para-hydroxylation sites is 2. The van der Waals surface area contributed by atoms with Crippen LogP contribution in [-0.4, -0.2) is 42.5 Å². The van der Waals surface area contributed by atoms with Gasteiger partial charge in [-0.15, -0.1) is 0 Å². The molecule has 41 heavy (non-hydrogen) atoms. The van der Waals surface area contributed by atoms with Crippen molar-refractivity contribution in [2.24, 2.45) is 0 Å². The van der Waals surface area contributed by atoms with Crippen LogP contribution in [0.3, 0.4) is 0 Å². The first-order valence-corrected chi connectivity index (χ1v) is 17.5. The molecule has 1 aliphatic heterocycles. The Kier molecular flexibility index (Phi) is 14.0. The SMILES string of the molecule is COc1ccccc1N1CCN(C(=S)[S-])CC1.Cc1ccc(P(c2ccc(C)cc2)c2ccc(C)cc2)cc1.[Cl][Pd+]. The zero-order valence-electron chi connectivity index (χ0n) is 23.8. The third kappa shape index (κ3) is 9.75. The van der Waals surface area contributed by atoms with Crippen LogP contribution in [0.15, 0.2) is 97.1 Å². The zero-order valence-corrected chi connectivity index (χ0v) is 28.7. The molecular weight excluding hydrogens is 677 g/mol. The molecule has 0 N–H and O–H groups in total. The van der Waals surface area contributed by atoms with E-state index in [1.807, 2.05) is 18.2 Å². The van der Waals surface area contributed by atoms with E-state index in [2.05, 4.69) is 137 Å². The number of benzene rings is 4. The van der Waals surface area contributed by atoms with Crippen molar-refractivity contribution < 1.29 is 22.9 Å². The third-order valence-electron chi connectivity index (χ3n) is 6.84. The molecule has 0 aromatic heterocycles. The fourth-order valence-corrected chi connectivity index (χ4v) is 7.15. The standard InChI is InChI=1S/C21H21P.C12H16N2OS2.ClH.Pd/c1-16-4-10-19(11-5-16)22(20-12-6-17(2)7-13-20)21-14-8-18(3)9-15-21;1-15-11-5-3-2-4-10(11)13-6-8-14(9-7-13)12(16)17;;/h4-15H,1-3H3;2-5H,6-9H2,1H3,(H,16,17);1H;/q;;;+2/p-2. The van der Waals surface area contributed by atoms with Crippen molar-refractivity contribution in [3.63, 3.8) is 0 Å². The Balaban J connectivity index is 0.000000219. The Labute approximate surface area is 272 Å². The van der Waals surface area contributed by atoms with Crippen molar-refractivity contribution in [1.82, 2.24) is 4.90 Å². The number of ether oxygens (including phenoxy) is 1. The second-order valence-electron chi connectivity index (χ2n) is 9.75. The molecule has 1 fully saturated rings. The van der Waals surface area contributed by atoms with Crippen LogP contribution < -0.4 is 25.6 Å². The number of nitrogens with zero attached hydrogens (tertiary/aromatic N) is 2. The van der Waals surface area contributed by atoms with E-state index in [1.54, 1.807) is 7.11 Å². The summed E-state index contributed by atoms with van der Waals surface area (Å²) in [6, 6.07) is 35.0. The summed E-state index contributed by atoms with van der Waals surface area (Å²) in [6.07, 6.45) is 0. The molecule has 218 valence electrons. The molecule has 0 spiro atoms. The molecule has 5 rings (SSSR count). The van der Waals surface area contributed by atoms with Gasteiger partial charge in [-0.2, -0.15) is 0 Å². The minimum atomic E-state index is -0.483. The summed E-state index contributed by atoms with van der Waals surface area (Å²) in [4.78, 5) is 4.37. The van der Waals surface area contributed by atoms with Crippen LogP contribution in [0.25, 0.3) is 0 Å². The number of hydrogen-bond acceptors (Lipinski definition) is 4. The van der Waals surface area contributed by atoms with Crippen LogP contribution in [0.4, 0.5) is 5.69 Å².